The van der Waals surface area contributed by atoms with E-state index in [-0.39, 0.29) is 0 Å². The Morgan fingerprint density at radius 1 is 1.09 bits per heavy atom. The number of halogens is 2. The number of unbranched alkanes of at least 4 members (excludes halogenated alkanes) is 2. The Morgan fingerprint density at radius 2 is 1.77 bits per heavy atom. The zero-order valence-electron chi connectivity index (χ0n) is 12.3. The van der Waals surface area contributed by atoms with E-state index in [1.807, 2.05) is 0 Å². The molecule has 0 bridgehead atoms. The summed E-state index contributed by atoms with van der Waals surface area (Å²) in [5.74, 6) is -1.22. The molecule has 2 rings (SSSR count). The average molecular weight is 324 g/mol. The minimum atomic E-state index is -2.41. The van der Waals surface area contributed by atoms with Crippen molar-refractivity contribution in [2.75, 3.05) is 6.61 Å². The van der Waals surface area contributed by atoms with Crippen LogP contribution in [-0.2, 0) is 0 Å². The summed E-state index contributed by atoms with van der Waals surface area (Å²) >= 11 is 0.524. The van der Waals surface area contributed by atoms with Crippen molar-refractivity contribution in [3.8, 4) is 17.1 Å². The molecule has 0 aliphatic rings. The molecule has 0 unspecified atom stereocenters. The highest BCUT2D eigenvalue weighted by atomic mass is 32.2. The lowest BCUT2D eigenvalue weighted by molar-refractivity contribution is 0.252. The highest BCUT2D eigenvalue weighted by molar-refractivity contribution is 7.99. The number of aromatic nitrogens is 2. The van der Waals surface area contributed by atoms with Gasteiger partial charge in [0.1, 0.15) is 0 Å². The molecular formula is C16H18F2N2OS. The van der Waals surface area contributed by atoms with Gasteiger partial charge in [0.2, 0.25) is 0 Å². The minimum Gasteiger partial charge on any atom is -0.490 e. The molecule has 118 valence electrons. The molecule has 6 heteroatoms. The Kier molecular flexibility index (Phi) is 6.58. The van der Waals surface area contributed by atoms with E-state index in [0.717, 1.165) is 24.8 Å². The number of hydrogen-bond donors (Lipinski definition) is 0. The Morgan fingerprint density at radius 3 is 2.36 bits per heavy atom. The third-order valence-electron chi connectivity index (χ3n) is 2.98. The molecule has 0 spiro atoms. The molecule has 0 N–H and O–H groups in total. The van der Waals surface area contributed by atoms with Crippen LogP contribution in [0.1, 0.15) is 26.2 Å². The van der Waals surface area contributed by atoms with Crippen molar-refractivity contribution in [1.29, 1.82) is 0 Å². The summed E-state index contributed by atoms with van der Waals surface area (Å²) in [6.07, 6.45) is 6.58. The lowest BCUT2D eigenvalue weighted by Crippen LogP contribution is -1.98. The van der Waals surface area contributed by atoms with Crippen molar-refractivity contribution in [1.82, 2.24) is 9.97 Å². The Hall–Kier alpha value is -1.69. The van der Waals surface area contributed by atoms with Crippen LogP contribution in [0.5, 0.6) is 5.75 Å². The molecule has 0 radical (unpaired) electrons. The van der Waals surface area contributed by atoms with Gasteiger partial charge in [0, 0.05) is 10.5 Å². The van der Waals surface area contributed by atoms with E-state index in [9.17, 15) is 8.78 Å². The monoisotopic (exact) mass is 324 g/mol. The number of rotatable bonds is 8. The summed E-state index contributed by atoms with van der Waals surface area (Å²) in [6, 6.07) is 6.76. The van der Waals surface area contributed by atoms with Crippen LogP contribution < -0.4 is 4.74 Å². The first-order valence-electron chi connectivity index (χ1n) is 7.19. The lowest BCUT2D eigenvalue weighted by Gasteiger charge is -2.06. The third kappa shape index (κ3) is 5.26. The van der Waals surface area contributed by atoms with Crippen LogP contribution in [-0.4, -0.2) is 22.3 Å². The van der Waals surface area contributed by atoms with E-state index >= 15 is 0 Å². The highest BCUT2D eigenvalue weighted by Crippen LogP contribution is 2.27. The molecule has 0 amide bonds. The fourth-order valence-corrected chi connectivity index (χ4v) is 2.37. The molecule has 1 aromatic carbocycles. The van der Waals surface area contributed by atoms with Crippen molar-refractivity contribution in [2.45, 2.75) is 36.8 Å². The normalized spacial score (nSPS) is 10.9. The quantitative estimate of drug-likeness (QED) is 0.504. The SMILES string of the molecule is CCCCCOc1cnc(-c2ccc(SC(F)F)cc2)nc1. The van der Waals surface area contributed by atoms with Gasteiger partial charge in [-0.25, -0.2) is 9.97 Å². The molecule has 0 atom stereocenters. The summed E-state index contributed by atoms with van der Waals surface area (Å²) in [4.78, 5) is 9.02. The molecule has 1 aromatic heterocycles. The first-order valence-corrected chi connectivity index (χ1v) is 8.07. The standard InChI is InChI=1S/C16H18F2N2OS/c1-2-3-4-9-21-13-10-19-15(20-11-13)12-5-7-14(8-6-12)22-16(17)18/h5-8,10-11,16H,2-4,9H2,1H3. The van der Waals surface area contributed by atoms with Crippen LogP contribution in [0, 0.1) is 0 Å². The fraction of sp³-hybridized carbons (Fsp3) is 0.375. The second-order valence-corrected chi connectivity index (χ2v) is 5.76. The topological polar surface area (TPSA) is 35.0 Å². The van der Waals surface area contributed by atoms with Gasteiger partial charge in [-0.15, -0.1) is 0 Å². The fourth-order valence-electron chi connectivity index (χ4n) is 1.87. The maximum atomic E-state index is 12.3. The van der Waals surface area contributed by atoms with Gasteiger partial charge in [0.05, 0.1) is 19.0 Å². The summed E-state index contributed by atoms with van der Waals surface area (Å²) in [5, 5.41) is 0. The molecular weight excluding hydrogens is 306 g/mol. The maximum Gasteiger partial charge on any atom is 0.288 e. The van der Waals surface area contributed by atoms with Gasteiger partial charge in [0.25, 0.3) is 5.76 Å². The molecule has 0 aliphatic heterocycles. The number of alkyl halides is 2. The van der Waals surface area contributed by atoms with Crippen LogP contribution in [0.15, 0.2) is 41.6 Å². The summed E-state index contributed by atoms with van der Waals surface area (Å²) in [6.45, 7) is 2.80. The van der Waals surface area contributed by atoms with Crippen molar-refractivity contribution < 1.29 is 13.5 Å². The first kappa shape index (κ1) is 16.7. The third-order valence-corrected chi connectivity index (χ3v) is 3.70. The highest BCUT2D eigenvalue weighted by Gasteiger charge is 2.06. The van der Waals surface area contributed by atoms with Crippen LogP contribution >= 0.6 is 11.8 Å². The van der Waals surface area contributed by atoms with Gasteiger partial charge >= 0.3 is 0 Å². The number of thioether (sulfide) groups is 1. The average Bonchev–Trinajstić information content (AvgIpc) is 2.52. The summed E-state index contributed by atoms with van der Waals surface area (Å²) in [7, 11) is 0. The second kappa shape index (κ2) is 8.68. The van der Waals surface area contributed by atoms with E-state index in [4.69, 9.17) is 4.74 Å². The lowest BCUT2D eigenvalue weighted by atomic mass is 10.2. The van der Waals surface area contributed by atoms with Gasteiger partial charge in [-0.05, 0) is 18.6 Å². The van der Waals surface area contributed by atoms with Crippen molar-refractivity contribution >= 4 is 11.8 Å². The number of nitrogens with zero attached hydrogens (tertiary/aromatic N) is 2. The number of ether oxygens (including phenoxy) is 1. The van der Waals surface area contributed by atoms with E-state index in [2.05, 4.69) is 16.9 Å². The largest absolute Gasteiger partial charge is 0.490 e. The molecule has 1 heterocycles. The predicted molar refractivity (Wildman–Crippen MR) is 84.3 cm³/mol. The van der Waals surface area contributed by atoms with Crippen molar-refractivity contribution in [3.05, 3.63) is 36.7 Å². The minimum absolute atomic E-state index is 0.523. The molecule has 2 aromatic rings. The van der Waals surface area contributed by atoms with Crippen molar-refractivity contribution in [2.24, 2.45) is 0 Å². The van der Waals surface area contributed by atoms with Gasteiger partial charge in [-0.1, -0.05) is 43.7 Å². The zero-order chi connectivity index (χ0) is 15.8. The van der Waals surface area contributed by atoms with Gasteiger partial charge in [-0.2, -0.15) is 8.78 Å². The molecule has 0 aliphatic carbocycles. The van der Waals surface area contributed by atoms with E-state index < -0.39 is 5.76 Å². The van der Waals surface area contributed by atoms with Crippen LogP contribution in [0.4, 0.5) is 8.78 Å². The smallest absolute Gasteiger partial charge is 0.288 e. The molecule has 0 saturated heterocycles. The van der Waals surface area contributed by atoms with Gasteiger partial charge in [-0.3, -0.25) is 0 Å². The molecule has 0 fully saturated rings. The summed E-state index contributed by atoms with van der Waals surface area (Å²) in [5.41, 5.74) is 0.788. The Labute approximate surface area is 133 Å². The predicted octanol–water partition coefficient (Wildman–Crippen LogP) is 5.03. The Balaban J connectivity index is 1.95. The zero-order valence-corrected chi connectivity index (χ0v) is 13.2. The Bertz CT molecular complexity index is 561. The van der Waals surface area contributed by atoms with Crippen LogP contribution in [0.3, 0.4) is 0 Å². The number of benzene rings is 1. The van der Waals surface area contributed by atoms with E-state index in [1.54, 1.807) is 36.7 Å². The van der Waals surface area contributed by atoms with Gasteiger partial charge < -0.3 is 4.74 Å². The van der Waals surface area contributed by atoms with E-state index in [1.165, 1.54) is 0 Å². The molecule has 0 saturated carbocycles. The first-order chi connectivity index (χ1) is 10.7. The number of hydrogen-bond acceptors (Lipinski definition) is 4. The van der Waals surface area contributed by atoms with Gasteiger partial charge in [0.15, 0.2) is 11.6 Å². The second-order valence-electron chi connectivity index (χ2n) is 4.70. The van der Waals surface area contributed by atoms with Crippen molar-refractivity contribution in [3.63, 3.8) is 0 Å². The van der Waals surface area contributed by atoms with Crippen LogP contribution in [0.2, 0.25) is 0 Å². The molecule has 22 heavy (non-hydrogen) atoms. The summed E-state index contributed by atoms with van der Waals surface area (Å²) < 4.78 is 30.1. The van der Waals surface area contributed by atoms with E-state index in [0.29, 0.717) is 34.8 Å². The maximum absolute atomic E-state index is 12.3. The molecule has 3 nitrogen and oxygen atoms in total. The van der Waals surface area contributed by atoms with Crippen LogP contribution in [0.25, 0.3) is 11.4 Å².